The number of hydrogen-bond acceptors (Lipinski definition) is 6. The van der Waals surface area contributed by atoms with Crippen molar-refractivity contribution in [1.82, 2.24) is 25.2 Å². The van der Waals surface area contributed by atoms with E-state index >= 15 is 0 Å². The predicted molar refractivity (Wildman–Crippen MR) is 94.1 cm³/mol. The van der Waals surface area contributed by atoms with Gasteiger partial charge in [-0.1, -0.05) is 5.21 Å². The minimum absolute atomic E-state index is 0.222. The number of rotatable bonds is 7. The van der Waals surface area contributed by atoms with Crippen molar-refractivity contribution in [3.05, 3.63) is 11.9 Å². The summed E-state index contributed by atoms with van der Waals surface area (Å²) in [6.07, 6.45) is 4.47. The van der Waals surface area contributed by atoms with Crippen LogP contribution in [0, 0.1) is 0 Å². The third-order valence-electron chi connectivity index (χ3n) is 4.06. The molecular formula is C17H31N5O3. The van der Waals surface area contributed by atoms with Crippen molar-refractivity contribution in [2.45, 2.75) is 58.3 Å². The predicted octanol–water partition coefficient (Wildman–Crippen LogP) is 1.71. The number of nitrogens with zero attached hydrogens (tertiary/aromatic N) is 4. The highest BCUT2D eigenvalue weighted by atomic mass is 16.6. The number of ether oxygens (including phenoxy) is 2. The fourth-order valence-electron chi connectivity index (χ4n) is 2.67. The molecule has 0 bridgehead atoms. The zero-order valence-corrected chi connectivity index (χ0v) is 15.8. The van der Waals surface area contributed by atoms with Gasteiger partial charge >= 0.3 is 6.09 Å². The number of piperidine rings is 1. The van der Waals surface area contributed by atoms with Gasteiger partial charge in [0, 0.05) is 33.3 Å². The van der Waals surface area contributed by atoms with E-state index in [1.165, 1.54) is 0 Å². The van der Waals surface area contributed by atoms with E-state index in [0.717, 1.165) is 44.7 Å². The third-order valence-corrected chi connectivity index (χ3v) is 4.06. The van der Waals surface area contributed by atoms with E-state index in [9.17, 15) is 4.79 Å². The molecule has 2 heterocycles. The number of carbonyl (C=O) groups excluding carboxylic acids is 1. The summed E-state index contributed by atoms with van der Waals surface area (Å²) < 4.78 is 13.1. The van der Waals surface area contributed by atoms with Crippen molar-refractivity contribution >= 4 is 6.09 Å². The number of aromatic nitrogens is 3. The molecule has 0 unspecified atom stereocenters. The monoisotopic (exact) mass is 353 g/mol. The van der Waals surface area contributed by atoms with E-state index in [1.807, 2.05) is 27.8 Å². The fraction of sp³-hybridized carbons (Fsp3) is 0.824. The molecule has 0 aliphatic carbocycles. The van der Waals surface area contributed by atoms with Crippen molar-refractivity contribution < 1.29 is 14.3 Å². The summed E-state index contributed by atoms with van der Waals surface area (Å²) in [6, 6.07) is 0. The molecule has 1 aromatic rings. The largest absolute Gasteiger partial charge is 0.444 e. The maximum atomic E-state index is 12.0. The standard InChI is InChI=1S/C17H31N5O3/c1-17(2,3)25-16(23)22-9-6-15(7-10-22)24-11-5-8-18-12-14-13-19-20-21(14)4/h13,15,18H,5-12H2,1-4H3. The number of carbonyl (C=O) groups is 1. The van der Waals surface area contributed by atoms with Gasteiger partial charge in [-0.2, -0.15) is 0 Å². The summed E-state index contributed by atoms with van der Waals surface area (Å²) in [5, 5.41) is 11.1. The van der Waals surface area contributed by atoms with Crippen molar-refractivity contribution in [3.63, 3.8) is 0 Å². The minimum Gasteiger partial charge on any atom is -0.444 e. The lowest BCUT2D eigenvalue weighted by Gasteiger charge is -2.33. The molecule has 142 valence electrons. The molecule has 1 saturated heterocycles. The van der Waals surface area contributed by atoms with Gasteiger partial charge in [-0.15, -0.1) is 5.10 Å². The lowest BCUT2D eigenvalue weighted by molar-refractivity contribution is -0.0117. The number of hydrogen-bond donors (Lipinski definition) is 1. The van der Waals surface area contributed by atoms with Crippen LogP contribution in [0.5, 0.6) is 0 Å². The minimum atomic E-state index is -0.441. The Morgan fingerprint density at radius 3 is 2.68 bits per heavy atom. The molecule has 1 aliphatic heterocycles. The van der Waals surface area contributed by atoms with Crippen LogP contribution in [0.1, 0.15) is 45.7 Å². The zero-order chi connectivity index (χ0) is 18.3. The smallest absolute Gasteiger partial charge is 0.410 e. The van der Waals surface area contributed by atoms with Gasteiger partial charge in [-0.25, -0.2) is 4.79 Å². The number of amides is 1. The Kier molecular flexibility index (Phi) is 7.19. The summed E-state index contributed by atoms with van der Waals surface area (Å²) in [4.78, 5) is 13.8. The van der Waals surface area contributed by atoms with Gasteiger partial charge in [-0.05, 0) is 46.6 Å². The SMILES string of the molecule is Cn1nncc1CNCCCOC1CCN(C(=O)OC(C)(C)C)CC1. The molecule has 2 rings (SSSR count). The van der Waals surface area contributed by atoms with Crippen molar-refractivity contribution in [1.29, 1.82) is 0 Å². The zero-order valence-electron chi connectivity index (χ0n) is 15.8. The molecule has 8 heteroatoms. The van der Waals surface area contributed by atoms with Gasteiger partial charge in [0.05, 0.1) is 18.0 Å². The van der Waals surface area contributed by atoms with Crippen molar-refractivity contribution in [3.8, 4) is 0 Å². The van der Waals surface area contributed by atoms with Crippen molar-refractivity contribution in [2.24, 2.45) is 7.05 Å². The second-order valence-corrected chi connectivity index (χ2v) is 7.42. The van der Waals surface area contributed by atoms with Gasteiger partial charge in [0.25, 0.3) is 0 Å². The van der Waals surface area contributed by atoms with Crippen LogP contribution in [0.4, 0.5) is 4.79 Å². The average Bonchev–Trinajstić information content (AvgIpc) is 2.95. The lowest BCUT2D eigenvalue weighted by Crippen LogP contribution is -2.43. The Hall–Kier alpha value is -1.67. The van der Waals surface area contributed by atoms with Crippen molar-refractivity contribution in [2.75, 3.05) is 26.2 Å². The Balaban J connectivity index is 1.52. The Morgan fingerprint density at radius 2 is 2.08 bits per heavy atom. The lowest BCUT2D eigenvalue weighted by atomic mass is 10.1. The Morgan fingerprint density at radius 1 is 1.36 bits per heavy atom. The summed E-state index contributed by atoms with van der Waals surface area (Å²) in [5.74, 6) is 0. The van der Waals surface area contributed by atoms with Crippen LogP contribution in [-0.2, 0) is 23.1 Å². The molecule has 8 nitrogen and oxygen atoms in total. The number of aryl methyl sites for hydroxylation is 1. The molecule has 0 saturated carbocycles. The summed E-state index contributed by atoms with van der Waals surface area (Å²) in [6.45, 7) is 9.45. The molecule has 0 radical (unpaired) electrons. The summed E-state index contributed by atoms with van der Waals surface area (Å²) >= 11 is 0. The highest BCUT2D eigenvalue weighted by molar-refractivity contribution is 5.68. The van der Waals surface area contributed by atoms with Crippen LogP contribution in [0.2, 0.25) is 0 Å². The molecule has 1 amide bonds. The Labute approximate surface area is 149 Å². The normalized spacial score (nSPS) is 16.2. The molecule has 25 heavy (non-hydrogen) atoms. The third kappa shape index (κ3) is 6.99. The fourth-order valence-corrected chi connectivity index (χ4v) is 2.67. The van der Waals surface area contributed by atoms with Crippen LogP contribution >= 0.6 is 0 Å². The van der Waals surface area contributed by atoms with E-state index in [2.05, 4.69) is 15.6 Å². The molecule has 1 fully saturated rings. The first-order chi connectivity index (χ1) is 11.8. The second-order valence-electron chi connectivity index (χ2n) is 7.42. The molecule has 1 N–H and O–H groups in total. The van der Waals surface area contributed by atoms with Crippen LogP contribution in [-0.4, -0.2) is 63.9 Å². The second kappa shape index (κ2) is 9.15. The van der Waals surface area contributed by atoms with Gasteiger partial charge in [0.15, 0.2) is 0 Å². The van der Waals surface area contributed by atoms with E-state index in [0.29, 0.717) is 13.1 Å². The van der Waals surface area contributed by atoms with Crippen LogP contribution < -0.4 is 5.32 Å². The summed E-state index contributed by atoms with van der Waals surface area (Å²) in [7, 11) is 1.89. The quantitative estimate of drug-likeness (QED) is 0.752. The molecule has 1 aromatic heterocycles. The highest BCUT2D eigenvalue weighted by Crippen LogP contribution is 2.17. The maximum Gasteiger partial charge on any atom is 0.410 e. The molecule has 0 atom stereocenters. The van der Waals surface area contributed by atoms with Gasteiger partial charge < -0.3 is 19.7 Å². The van der Waals surface area contributed by atoms with Crippen LogP contribution in [0.25, 0.3) is 0 Å². The van der Waals surface area contributed by atoms with E-state index in [4.69, 9.17) is 9.47 Å². The average molecular weight is 353 g/mol. The first-order valence-corrected chi connectivity index (χ1v) is 8.99. The van der Waals surface area contributed by atoms with E-state index < -0.39 is 5.60 Å². The van der Waals surface area contributed by atoms with Gasteiger partial charge in [0.1, 0.15) is 5.60 Å². The number of likely N-dealkylation sites (tertiary alicyclic amines) is 1. The van der Waals surface area contributed by atoms with Gasteiger partial charge in [-0.3, -0.25) is 4.68 Å². The number of nitrogens with one attached hydrogen (secondary N) is 1. The molecular weight excluding hydrogens is 322 g/mol. The first-order valence-electron chi connectivity index (χ1n) is 8.99. The highest BCUT2D eigenvalue weighted by Gasteiger charge is 2.26. The maximum absolute atomic E-state index is 12.0. The van der Waals surface area contributed by atoms with E-state index in [-0.39, 0.29) is 12.2 Å². The topological polar surface area (TPSA) is 81.5 Å². The Bertz CT molecular complexity index is 533. The molecule has 0 spiro atoms. The molecule has 1 aliphatic rings. The van der Waals surface area contributed by atoms with Crippen LogP contribution in [0.3, 0.4) is 0 Å². The first kappa shape index (κ1) is 19.7. The van der Waals surface area contributed by atoms with Crippen LogP contribution in [0.15, 0.2) is 6.20 Å². The van der Waals surface area contributed by atoms with Gasteiger partial charge in [0.2, 0.25) is 0 Å². The molecule has 0 aromatic carbocycles. The van der Waals surface area contributed by atoms with E-state index in [1.54, 1.807) is 15.8 Å². The summed E-state index contributed by atoms with van der Waals surface area (Å²) in [5.41, 5.74) is 0.624.